The van der Waals surface area contributed by atoms with Crippen LogP contribution in [0.4, 0.5) is 5.69 Å². The van der Waals surface area contributed by atoms with Crippen molar-refractivity contribution in [2.45, 2.75) is 12.3 Å². The highest BCUT2D eigenvalue weighted by molar-refractivity contribution is 6.31. The monoisotopic (exact) mass is 271 g/mol. The van der Waals surface area contributed by atoms with Crippen molar-refractivity contribution in [3.05, 3.63) is 28.8 Å². The quantitative estimate of drug-likeness (QED) is 0.610. The summed E-state index contributed by atoms with van der Waals surface area (Å²) >= 11 is 12.2. The topological polar surface area (TPSA) is 38.7 Å². The average molecular weight is 272 g/mol. The molecule has 0 radical (unpaired) electrons. The number of alkyl halides is 1. The summed E-state index contributed by atoms with van der Waals surface area (Å²) < 4.78 is 4.95. The minimum atomic E-state index is -0.553. The number of aliphatic imine (C=N–C) groups is 1. The molecule has 0 aromatic heterocycles. The van der Waals surface area contributed by atoms with Gasteiger partial charge in [-0.15, -0.1) is 11.6 Å². The molecule has 0 bridgehead atoms. The minimum absolute atomic E-state index is 0.329. The van der Waals surface area contributed by atoms with Crippen molar-refractivity contribution in [2.24, 2.45) is 10.9 Å². The van der Waals surface area contributed by atoms with Crippen molar-refractivity contribution in [3.8, 4) is 0 Å². The van der Waals surface area contributed by atoms with Gasteiger partial charge in [0.1, 0.15) is 5.92 Å². The Bertz CT molecular complexity index is 474. The van der Waals surface area contributed by atoms with E-state index in [4.69, 9.17) is 27.9 Å². The molecule has 3 nitrogen and oxygen atoms in total. The van der Waals surface area contributed by atoms with Crippen LogP contribution < -0.4 is 0 Å². The van der Waals surface area contributed by atoms with E-state index in [1.165, 1.54) is 6.21 Å². The van der Waals surface area contributed by atoms with Gasteiger partial charge in [0.25, 0.3) is 0 Å². The van der Waals surface area contributed by atoms with Gasteiger partial charge >= 0.3 is 5.97 Å². The van der Waals surface area contributed by atoms with Crippen LogP contribution in [-0.2, 0) is 9.53 Å². The molecule has 0 N–H and O–H groups in total. The lowest BCUT2D eigenvalue weighted by atomic mass is 9.96. The number of halogens is 2. The Labute approximate surface area is 109 Å². The number of benzene rings is 1. The maximum atomic E-state index is 11.7. The van der Waals surface area contributed by atoms with E-state index < -0.39 is 11.3 Å². The van der Waals surface area contributed by atoms with Crippen LogP contribution in [0.3, 0.4) is 0 Å². The Morgan fingerprint density at radius 2 is 2.29 bits per heavy atom. The summed E-state index contributed by atoms with van der Waals surface area (Å²) in [6.07, 6.45) is 1.53. The highest BCUT2D eigenvalue weighted by atomic mass is 35.5. The highest BCUT2D eigenvalue weighted by Gasteiger charge is 2.32. The predicted molar refractivity (Wildman–Crippen MR) is 68.3 cm³/mol. The van der Waals surface area contributed by atoms with E-state index in [1.807, 2.05) is 0 Å². The summed E-state index contributed by atoms with van der Waals surface area (Å²) in [6.45, 7) is 2.08. The minimum Gasteiger partial charge on any atom is -0.465 e. The number of esters is 1. The zero-order chi connectivity index (χ0) is 12.4. The Hall–Kier alpha value is -1.06. The van der Waals surface area contributed by atoms with Gasteiger partial charge in [0.2, 0.25) is 0 Å². The van der Waals surface area contributed by atoms with Crippen LogP contribution >= 0.6 is 23.2 Å². The molecule has 1 heterocycles. The Balaban J connectivity index is 2.31. The van der Waals surface area contributed by atoms with Gasteiger partial charge in [-0.3, -0.25) is 9.79 Å². The van der Waals surface area contributed by atoms with Crippen molar-refractivity contribution in [1.29, 1.82) is 0 Å². The van der Waals surface area contributed by atoms with E-state index in [0.29, 0.717) is 11.6 Å². The first-order valence-electron chi connectivity index (χ1n) is 5.28. The number of carbonyl (C=O) groups is 1. The van der Waals surface area contributed by atoms with Crippen molar-refractivity contribution in [1.82, 2.24) is 0 Å². The molecule has 0 aliphatic carbocycles. The second-order valence-electron chi connectivity index (χ2n) is 3.66. The molecule has 1 aromatic rings. The molecule has 1 aliphatic heterocycles. The van der Waals surface area contributed by atoms with E-state index >= 15 is 0 Å². The number of fused-ring (bicyclic) bond motifs is 1. The smallest absolute Gasteiger partial charge is 0.316 e. The molecule has 2 rings (SSSR count). The molecular weight excluding hydrogens is 261 g/mol. The summed E-state index contributed by atoms with van der Waals surface area (Å²) in [5, 5.41) is 0.0920. The number of hydrogen-bond donors (Lipinski definition) is 0. The SMILES string of the molecule is CCOC(=O)C1C=Nc2ccc(Cl)cc2C1Cl. The Morgan fingerprint density at radius 1 is 1.53 bits per heavy atom. The van der Waals surface area contributed by atoms with Crippen LogP contribution in [0.5, 0.6) is 0 Å². The van der Waals surface area contributed by atoms with Gasteiger partial charge in [-0.05, 0) is 30.7 Å². The molecule has 1 aromatic carbocycles. The first-order valence-corrected chi connectivity index (χ1v) is 6.09. The van der Waals surface area contributed by atoms with Crippen molar-refractivity contribution in [3.63, 3.8) is 0 Å². The van der Waals surface area contributed by atoms with Crippen LogP contribution in [0.25, 0.3) is 0 Å². The lowest BCUT2D eigenvalue weighted by Crippen LogP contribution is -2.25. The van der Waals surface area contributed by atoms with Gasteiger partial charge < -0.3 is 4.74 Å². The van der Waals surface area contributed by atoms with Gasteiger partial charge in [0.05, 0.1) is 17.7 Å². The molecule has 17 heavy (non-hydrogen) atoms. The van der Waals surface area contributed by atoms with Gasteiger partial charge in [-0.2, -0.15) is 0 Å². The molecule has 0 fully saturated rings. The largest absolute Gasteiger partial charge is 0.465 e. The number of nitrogens with zero attached hydrogens (tertiary/aromatic N) is 1. The second-order valence-corrected chi connectivity index (χ2v) is 4.57. The first kappa shape index (κ1) is 12.4. The normalized spacial score (nSPS) is 22.1. The average Bonchev–Trinajstić information content (AvgIpc) is 2.30. The molecule has 2 unspecified atom stereocenters. The van der Waals surface area contributed by atoms with Crippen LogP contribution in [0.1, 0.15) is 17.9 Å². The van der Waals surface area contributed by atoms with Gasteiger partial charge in [0.15, 0.2) is 0 Å². The molecule has 90 valence electrons. The predicted octanol–water partition coefficient (Wildman–Crippen LogP) is 3.52. The van der Waals surface area contributed by atoms with Crippen LogP contribution in [0.2, 0.25) is 5.02 Å². The van der Waals surface area contributed by atoms with Crippen molar-refractivity contribution < 1.29 is 9.53 Å². The fraction of sp³-hybridized carbons (Fsp3) is 0.333. The maximum Gasteiger partial charge on any atom is 0.316 e. The fourth-order valence-corrected chi connectivity index (χ4v) is 2.24. The molecule has 0 saturated heterocycles. The van der Waals surface area contributed by atoms with E-state index in [0.717, 1.165) is 11.3 Å². The molecule has 0 saturated carbocycles. The van der Waals surface area contributed by atoms with Crippen molar-refractivity contribution >= 4 is 41.1 Å². The van der Waals surface area contributed by atoms with Crippen LogP contribution in [-0.4, -0.2) is 18.8 Å². The molecule has 0 amide bonds. The van der Waals surface area contributed by atoms with Gasteiger partial charge in [-0.1, -0.05) is 11.6 Å². The summed E-state index contributed by atoms with van der Waals surface area (Å²) in [4.78, 5) is 15.9. The third kappa shape index (κ3) is 2.45. The molecule has 2 atom stereocenters. The third-order valence-corrected chi connectivity index (χ3v) is 3.28. The summed E-state index contributed by atoms with van der Waals surface area (Å²) in [5.74, 6) is -0.913. The third-order valence-electron chi connectivity index (χ3n) is 2.53. The summed E-state index contributed by atoms with van der Waals surface area (Å²) in [6, 6.07) is 5.26. The van der Waals surface area contributed by atoms with E-state index in [-0.39, 0.29) is 5.97 Å². The van der Waals surface area contributed by atoms with Crippen LogP contribution in [0.15, 0.2) is 23.2 Å². The number of ether oxygens (including phenoxy) is 1. The Morgan fingerprint density at radius 3 is 3.00 bits per heavy atom. The molecule has 1 aliphatic rings. The van der Waals surface area contributed by atoms with E-state index in [9.17, 15) is 4.79 Å². The maximum absolute atomic E-state index is 11.7. The molecule has 5 heteroatoms. The Kier molecular flexibility index (Phi) is 3.69. The zero-order valence-corrected chi connectivity index (χ0v) is 10.7. The highest BCUT2D eigenvalue weighted by Crippen LogP contribution is 2.40. The van der Waals surface area contributed by atoms with Gasteiger partial charge in [0, 0.05) is 11.2 Å². The van der Waals surface area contributed by atoms with E-state index in [2.05, 4.69) is 4.99 Å². The fourth-order valence-electron chi connectivity index (χ4n) is 1.71. The number of carbonyl (C=O) groups excluding carboxylic acids is 1. The lowest BCUT2D eigenvalue weighted by Gasteiger charge is -2.22. The lowest BCUT2D eigenvalue weighted by molar-refractivity contribution is -0.145. The molecular formula is C12H11Cl2NO2. The van der Waals surface area contributed by atoms with E-state index in [1.54, 1.807) is 25.1 Å². The number of rotatable bonds is 2. The second kappa shape index (κ2) is 5.07. The number of hydrogen-bond acceptors (Lipinski definition) is 3. The van der Waals surface area contributed by atoms with Crippen LogP contribution in [0, 0.1) is 5.92 Å². The summed E-state index contributed by atoms with van der Waals surface area (Å²) in [7, 11) is 0. The van der Waals surface area contributed by atoms with Gasteiger partial charge in [-0.25, -0.2) is 0 Å². The standard InChI is InChI=1S/C12H11Cl2NO2/c1-2-17-12(16)9-6-15-10-4-3-7(13)5-8(10)11(9)14/h3-6,9,11H,2H2,1H3. The summed E-state index contributed by atoms with van der Waals surface area (Å²) in [5.41, 5.74) is 1.51. The zero-order valence-electron chi connectivity index (χ0n) is 9.19. The van der Waals surface area contributed by atoms with Crippen molar-refractivity contribution in [2.75, 3.05) is 6.61 Å². The molecule has 0 spiro atoms. The first-order chi connectivity index (χ1) is 8.13.